The third-order valence-corrected chi connectivity index (χ3v) is 4.79. The van der Waals surface area contributed by atoms with Gasteiger partial charge >= 0.3 is 6.09 Å². The predicted molar refractivity (Wildman–Crippen MR) is 86.9 cm³/mol. The van der Waals surface area contributed by atoms with Crippen molar-refractivity contribution in [3.05, 3.63) is 40.8 Å². The van der Waals surface area contributed by atoms with Gasteiger partial charge in [0.25, 0.3) is 0 Å². The molecular weight excluding hydrogens is 282 g/mol. The zero-order chi connectivity index (χ0) is 15.0. The van der Waals surface area contributed by atoms with Crippen LogP contribution in [0.2, 0.25) is 0 Å². The van der Waals surface area contributed by atoms with Crippen molar-refractivity contribution >= 4 is 23.1 Å². The molecule has 2 aromatic rings. The van der Waals surface area contributed by atoms with E-state index in [0.717, 1.165) is 24.1 Å². The van der Waals surface area contributed by atoms with Gasteiger partial charge in [-0.2, -0.15) is 0 Å². The maximum absolute atomic E-state index is 11.6. The van der Waals surface area contributed by atoms with Gasteiger partial charge in [0.2, 0.25) is 0 Å². The van der Waals surface area contributed by atoms with Crippen molar-refractivity contribution in [2.75, 3.05) is 5.32 Å². The van der Waals surface area contributed by atoms with E-state index in [0.29, 0.717) is 0 Å². The van der Waals surface area contributed by atoms with Crippen molar-refractivity contribution < 1.29 is 9.53 Å². The lowest BCUT2D eigenvalue weighted by molar-refractivity contribution is 0.0421. The first kappa shape index (κ1) is 14.1. The van der Waals surface area contributed by atoms with E-state index in [1.165, 1.54) is 16.0 Å². The number of benzene rings is 1. The lowest BCUT2D eigenvalue weighted by atomic mass is 9.92. The fourth-order valence-electron chi connectivity index (χ4n) is 2.77. The second-order valence-corrected chi connectivity index (χ2v) is 6.73. The van der Waals surface area contributed by atoms with E-state index in [1.54, 1.807) is 11.3 Å². The maximum Gasteiger partial charge on any atom is 0.412 e. The van der Waals surface area contributed by atoms with E-state index in [2.05, 4.69) is 35.8 Å². The first-order valence-corrected chi connectivity index (χ1v) is 8.10. The van der Waals surface area contributed by atoms with Crippen LogP contribution in [-0.4, -0.2) is 6.09 Å². The zero-order valence-electron chi connectivity index (χ0n) is 12.5. The summed E-state index contributed by atoms with van der Waals surface area (Å²) in [6.45, 7) is 6.05. The highest BCUT2D eigenvalue weighted by Gasteiger charge is 2.33. The van der Waals surface area contributed by atoms with E-state index in [-0.39, 0.29) is 6.09 Å². The standard InChI is InChI=1S/C17H19NO2S/c1-4-5-11-8-9-21-15(11)12-6-7-14-13(10-12)17(2,3)20-16(19)18-14/h6-10H,4-5H2,1-3H3,(H,18,19). The van der Waals surface area contributed by atoms with Gasteiger partial charge in [-0.3, -0.25) is 5.32 Å². The number of carbonyl (C=O) groups excluding carboxylic acids is 1. The first-order valence-electron chi connectivity index (χ1n) is 7.22. The molecule has 0 radical (unpaired) electrons. The number of nitrogens with one attached hydrogen (secondary N) is 1. The molecule has 1 aliphatic rings. The molecule has 1 aromatic carbocycles. The van der Waals surface area contributed by atoms with E-state index < -0.39 is 5.60 Å². The third-order valence-electron chi connectivity index (χ3n) is 3.78. The van der Waals surface area contributed by atoms with Crippen molar-refractivity contribution in [2.45, 2.75) is 39.2 Å². The van der Waals surface area contributed by atoms with Gasteiger partial charge in [-0.05, 0) is 55.0 Å². The minimum Gasteiger partial charge on any atom is -0.438 e. The van der Waals surface area contributed by atoms with E-state index in [4.69, 9.17) is 4.74 Å². The average Bonchev–Trinajstić information content (AvgIpc) is 2.86. The van der Waals surface area contributed by atoms with Gasteiger partial charge in [0.15, 0.2) is 0 Å². The molecule has 0 saturated carbocycles. The van der Waals surface area contributed by atoms with Gasteiger partial charge in [-0.1, -0.05) is 19.4 Å². The largest absolute Gasteiger partial charge is 0.438 e. The second-order valence-electron chi connectivity index (χ2n) is 5.81. The molecule has 1 amide bonds. The molecule has 0 fully saturated rings. The van der Waals surface area contributed by atoms with Gasteiger partial charge in [0, 0.05) is 10.4 Å². The Hall–Kier alpha value is -1.81. The van der Waals surface area contributed by atoms with Crippen LogP contribution in [0.1, 0.15) is 38.3 Å². The van der Waals surface area contributed by atoms with Crippen LogP contribution in [0.5, 0.6) is 0 Å². The van der Waals surface area contributed by atoms with Crippen LogP contribution in [0.4, 0.5) is 10.5 Å². The average molecular weight is 301 g/mol. The molecule has 3 rings (SSSR count). The smallest absolute Gasteiger partial charge is 0.412 e. The number of ether oxygens (including phenoxy) is 1. The minimum atomic E-state index is -0.601. The molecule has 0 unspecified atom stereocenters. The van der Waals surface area contributed by atoms with Crippen LogP contribution >= 0.6 is 11.3 Å². The van der Waals surface area contributed by atoms with Crippen LogP contribution in [0.15, 0.2) is 29.6 Å². The Kier molecular flexibility index (Phi) is 3.49. The number of carbonyl (C=O) groups is 1. The van der Waals surface area contributed by atoms with Gasteiger partial charge < -0.3 is 4.74 Å². The molecule has 0 saturated heterocycles. The van der Waals surface area contributed by atoms with E-state index >= 15 is 0 Å². The summed E-state index contributed by atoms with van der Waals surface area (Å²) in [6, 6.07) is 8.39. The van der Waals surface area contributed by atoms with Gasteiger partial charge in [-0.15, -0.1) is 11.3 Å². The Morgan fingerprint density at radius 1 is 1.29 bits per heavy atom. The molecule has 2 heterocycles. The highest BCUT2D eigenvalue weighted by molar-refractivity contribution is 7.13. The number of thiophene rings is 1. The number of aryl methyl sites for hydroxylation is 1. The van der Waals surface area contributed by atoms with Crippen LogP contribution in [0, 0.1) is 0 Å². The fraction of sp³-hybridized carbons (Fsp3) is 0.353. The normalized spacial score (nSPS) is 16.0. The second kappa shape index (κ2) is 5.19. The number of rotatable bonds is 3. The Morgan fingerprint density at radius 2 is 2.10 bits per heavy atom. The molecule has 110 valence electrons. The Balaban J connectivity index is 2.07. The van der Waals surface area contributed by atoms with Gasteiger partial charge in [0.1, 0.15) is 5.60 Å². The number of amides is 1. The number of cyclic esters (lactones) is 1. The predicted octanol–water partition coefficient (Wildman–Crippen LogP) is 5.16. The lowest BCUT2D eigenvalue weighted by Gasteiger charge is -2.32. The molecule has 0 atom stereocenters. The topological polar surface area (TPSA) is 38.3 Å². The highest BCUT2D eigenvalue weighted by atomic mass is 32.1. The lowest BCUT2D eigenvalue weighted by Crippen LogP contribution is -2.34. The highest BCUT2D eigenvalue weighted by Crippen LogP contribution is 2.40. The third kappa shape index (κ3) is 2.56. The van der Waals surface area contributed by atoms with Gasteiger partial charge in [0.05, 0.1) is 5.69 Å². The molecule has 1 aliphatic heterocycles. The molecule has 21 heavy (non-hydrogen) atoms. The van der Waals surface area contributed by atoms with Gasteiger partial charge in [-0.25, -0.2) is 4.79 Å². The quantitative estimate of drug-likeness (QED) is 0.850. The van der Waals surface area contributed by atoms with Crippen LogP contribution in [-0.2, 0) is 16.8 Å². The monoisotopic (exact) mass is 301 g/mol. The SMILES string of the molecule is CCCc1ccsc1-c1ccc2c(c1)C(C)(C)OC(=O)N2. The van der Waals surface area contributed by atoms with Crippen LogP contribution < -0.4 is 5.32 Å². The maximum atomic E-state index is 11.6. The van der Waals surface area contributed by atoms with Crippen molar-refractivity contribution in [2.24, 2.45) is 0 Å². The number of hydrogen-bond donors (Lipinski definition) is 1. The first-order chi connectivity index (χ1) is 10.0. The van der Waals surface area contributed by atoms with Crippen LogP contribution in [0.3, 0.4) is 0 Å². The number of fused-ring (bicyclic) bond motifs is 1. The number of hydrogen-bond acceptors (Lipinski definition) is 3. The Morgan fingerprint density at radius 3 is 2.86 bits per heavy atom. The molecule has 0 aliphatic carbocycles. The summed E-state index contributed by atoms with van der Waals surface area (Å²) in [6.07, 6.45) is 1.84. The van der Waals surface area contributed by atoms with Crippen molar-refractivity contribution in [3.8, 4) is 10.4 Å². The summed E-state index contributed by atoms with van der Waals surface area (Å²) >= 11 is 1.77. The number of anilines is 1. The zero-order valence-corrected chi connectivity index (χ0v) is 13.3. The minimum absolute atomic E-state index is 0.386. The summed E-state index contributed by atoms with van der Waals surface area (Å²) < 4.78 is 5.40. The molecule has 4 heteroatoms. The molecule has 1 N–H and O–H groups in total. The van der Waals surface area contributed by atoms with E-state index in [1.807, 2.05) is 19.9 Å². The molecule has 0 spiro atoms. The summed E-state index contributed by atoms with van der Waals surface area (Å²) in [5.74, 6) is 0. The molecule has 0 bridgehead atoms. The van der Waals surface area contributed by atoms with Crippen molar-refractivity contribution in [1.29, 1.82) is 0 Å². The Labute approximate surface area is 129 Å². The van der Waals surface area contributed by atoms with E-state index in [9.17, 15) is 4.79 Å². The summed E-state index contributed by atoms with van der Waals surface area (Å²) in [4.78, 5) is 12.9. The molecule has 3 nitrogen and oxygen atoms in total. The fourth-order valence-corrected chi connectivity index (χ4v) is 3.72. The summed E-state index contributed by atoms with van der Waals surface area (Å²) in [5.41, 5.74) is 3.85. The molecule has 1 aromatic heterocycles. The van der Waals surface area contributed by atoms with Crippen molar-refractivity contribution in [3.63, 3.8) is 0 Å². The van der Waals surface area contributed by atoms with Crippen LogP contribution in [0.25, 0.3) is 10.4 Å². The summed E-state index contributed by atoms with van der Waals surface area (Å²) in [5, 5.41) is 4.91. The van der Waals surface area contributed by atoms with Crippen molar-refractivity contribution in [1.82, 2.24) is 0 Å². The summed E-state index contributed by atoms with van der Waals surface area (Å²) in [7, 11) is 0. The Bertz CT molecular complexity index is 688. The molecular formula is C17H19NO2S.